The van der Waals surface area contributed by atoms with Gasteiger partial charge in [0.15, 0.2) is 5.78 Å². The molecule has 1 heteroatoms. The standard InChI is InChI=1S/C13H16O/c1-4-11-6-5-7-12(9-11)13(14)8-10(2)3/h5-9H,4H2,1-3H3. The van der Waals surface area contributed by atoms with Crippen molar-refractivity contribution in [2.45, 2.75) is 27.2 Å². The van der Waals surface area contributed by atoms with Crippen LogP contribution < -0.4 is 0 Å². The van der Waals surface area contributed by atoms with E-state index < -0.39 is 0 Å². The summed E-state index contributed by atoms with van der Waals surface area (Å²) in [4.78, 5) is 11.6. The highest BCUT2D eigenvalue weighted by Crippen LogP contribution is 2.08. The van der Waals surface area contributed by atoms with E-state index in [4.69, 9.17) is 0 Å². The van der Waals surface area contributed by atoms with Crippen molar-refractivity contribution < 1.29 is 4.79 Å². The van der Waals surface area contributed by atoms with E-state index in [-0.39, 0.29) is 5.78 Å². The lowest BCUT2D eigenvalue weighted by atomic mass is 10.0. The van der Waals surface area contributed by atoms with Crippen molar-refractivity contribution in [1.29, 1.82) is 0 Å². The van der Waals surface area contributed by atoms with Gasteiger partial charge >= 0.3 is 0 Å². The van der Waals surface area contributed by atoms with Gasteiger partial charge in [0.25, 0.3) is 0 Å². The van der Waals surface area contributed by atoms with E-state index in [1.165, 1.54) is 5.56 Å². The van der Waals surface area contributed by atoms with Gasteiger partial charge in [-0.25, -0.2) is 0 Å². The van der Waals surface area contributed by atoms with Crippen LogP contribution in [0.5, 0.6) is 0 Å². The fraction of sp³-hybridized carbons (Fsp3) is 0.308. The molecule has 0 bridgehead atoms. The molecule has 0 aliphatic rings. The SMILES string of the molecule is CCc1cccc(C(=O)C=C(C)C)c1. The van der Waals surface area contributed by atoms with Crippen molar-refractivity contribution in [3.63, 3.8) is 0 Å². The fourth-order valence-corrected chi connectivity index (χ4v) is 1.29. The number of hydrogen-bond donors (Lipinski definition) is 0. The molecule has 0 spiro atoms. The van der Waals surface area contributed by atoms with Crippen LogP contribution in [0, 0.1) is 0 Å². The zero-order valence-corrected chi connectivity index (χ0v) is 9.00. The largest absolute Gasteiger partial charge is 0.289 e. The fourth-order valence-electron chi connectivity index (χ4n) is 1.29. The van der Waals surface area contributed by atoms with Crippen LogP contribution in [0.15, 0.2) is 35.9 Å². The number of hydrogen-bond acceptors (Lipinski definition) is 1. The van der Waals surface area contributed by atoms with Gasteiger partial charge in [-0.3, -0.25) is 4.79 Å². The maximum Gasteiger partial charge on any atom is 0.185 e. The summed E-state index contributed by atoms with van der Waals surface area (Å²) >= 11 is 0. The molecule has 0 unspecified atom stereocenters. The van der Waals surface area contributed by atoms with Crippen LogP contribution in [0.3, 0.4) is 0 Å². The molecular weight excluding hydrogens is 172 g/mol. The molecule has 0 saturated heterocycles. The Hall–Kier alpha value is -1.37. The van der Waals surface area contributed by atoms with E-state index in [2.05, 4.69) is 6.92 Å². The first-order valence-electron chi connectivity index (χ1n) is 4.91. The summed E-state index contributed by atoms with van der Waals surface area (Å²) < 4.78 is 0. The van der Waals surface area contributed by atoms with Crippen molar-refractivity contribution in [3.8, 4) is 0 Å². The molecule has 0 fully saturated rings. The summed E-state index contributed by atoms with van der Waals surface area (Å²) in [6, 6.07) is 7.80. The second-order valence-electron chi connectivity index (χ2n) is 3.64. The molecule has 0 aliphatic heterocycles. The van der Waals surface area contributed by atoms with Gasteiger partial charge in [0, 0.05) is 5.56 Å². The number of ketones is 1. The minimum atomic E-state index is 0.0975. The Balaban J connectivity index is 2.96. The normalized spacial score (nSPS) is 9.64. The molecule has 0 heterocycles. The van der Waals surface area contributed by atoms with Crippen LogP contribution in [-0.2, 0) is 6.42 Å². The Morgan fingerprint density at radius 2 is 2.07 bits per heavy atom. The number of rotatable bonds is 3. The van der Waals surface area contributed by atoms with Crippen molar-refractivity contribution in [3.05, 3.63) is 47.0 Å². The third kappa shape index (κ3) is 2.84. The molecule has 14 heavy (non-hydrogen) atoms. The molecule has 1 nitrogen and oxygen atoms in total. The van der Waals surface area contributed by atoms with Crippen molar-refractivity contribution in [2.75, 3.05) is 0 Å². The molecule has 0 radical (unpaired) electrons. The van der Waals surface area contributed by atoms with E-state index in [0.29, 0.717) is 0 Å². The van der Waals surface area contributed by atoms with Crippen LogP contribution in [0.4, 0.5) is 0 Å². The Labute approximate surface area is 85.5 Å². The Morgan fingerprint density at radius 1 is 1.36 bits per heavy atom. The van der Waals surface area contributed by atoms with Crippen molar-refractivity contribution in [1.82, 2.24) is 0 Å². The molecular formula is C13H16O. The lowest BCUT2D eigenvalue weighted by Gasteiger charge is -2.00. The number of aryl methyl sites for hydroxylation is 1. The van der Waals surface area contributed by atoms with Gasteiger partial charge < -0.3 is 0 Å². The van der Waals surface area contributed by atoms with Gasteiger partial charge in [0.1, 0.15) is 0 Å². The van der Waals surface area contributed by atoms with Gasteiger partial charge in [-0.2, -0.15) is 0 Å². The summed E-state index contributed by atoms with van der Waals surface area (Å²) in [7, 11) is 0. The predicted molar refractivity (Wildman–Crippen MR) is 59.6 cm³/mol. The van der Waals surface area contributed by atoms with Crippen LogP contribution in [0.1, 0.15) is 36.7 Å². The molecule has 74 valence electrons. The first-order chi connectivity index (χ1) is 6.63. The molecule has 0 aromatic heterocycles. The van der Waals surface area contributed by atoms with E-state index in [1.54, 1.807) is 6.08 Å². The van der Waals surface area contributed by atoms with E-state index in [9.17, 15) is 4.79 Å². The summed E-state index contributed by atoms with van der Waals surface area (Å²) in [5.41, 5.74) is 3.03. The number of allylic oxidation sites excluding steroid dienone is 2. The second kappa shape index (κ2) is 4.75. The number of carbonyl (C=O) groups is 1. The predicted octanol–water partition coefficient (Wildman–Crippen LogP) is 3.40. The Kier molecular flexibility index (Phi) is 3.63. The number of carbonyl (C=O) groups excluding carboxylic acids is 1. The minimum absolute atomic E-state index is 0.0975. The third-order valence-corrected chi connectivity index (χ3v) is 2.04. The van der Waals surface area contributed by atoms with Crippen molar-refractivity contribution >= 4 is 5.78 Å². The third-order valence-electron chi connectivity index (χ3n) is 2.04. The molecule has 0 atom stereocenters. The van der Waals surface area contributed by atoms with Crippen LogP contribution >= 0.6 is 0 Å². The number of benzene rings is 1. The first-order valence-corrected chi connectivity index (χ1v) is 4.91. The lowest BCUT2D eigenvalue weighted by Crippen LogP contribution is -1.96. The van der Waals surface area contributed by atoms with E-state index >= 15 is 0 Å². The first kappa shape index (κ1) is 10.7. The van der Waals surface area contributed by atoms with Crippen LogP contribution in [-0.4, -0.2) is 5.78 Å². The quantitative estimate of drug-likeness (QED) is 0.525. The highest BCUT2D eigenvalue weighted by atomic mass is 16.1. The second-order valence-corrected chi connectivity index (χ2v) is 3.64. The van der Waals surface area contributed by atoms with Gasteiger partial charge in [-0.1, -0.05) is 30.7 Å². The Bertz CT molecular complexity index is 357. The van der Waals surface area contributed by atoms with Gasteiger partial charge in [-0.15, -0.1) is 0 Å². The minimum Gasteiger partial charge on any atom is -0.289 e. The lowest BCUT2D eigenvalue weighted by molar-refractivity contribution is 0.104. The highest BCUT2D eigenvalue weighted by Gasteiger charge is 2.01. The van der Waals surface area contributed by atoms with E-state index in [0.717, 1.165) is 17.6 Å². The van der Waals surface area contributed by atoms with Crippen molar-refractivity contribution in [2.24, 2.45) is 0 Å². The summed E-state index contributed by atoms with van der Waals surface area (Å²) in [5.74, 6) is 0.0975. The van der Waals surface area contributed by atoms with Crippen LogP contribution in [0.25, 0.3) is 0 Å². The summed E-state index contributed by atoms with van der Waals surface area (Å²) in [6.07, 6.45) is 2.64. The summed E-state index contributed by atoms with van der Waals surface area (Å²) in [5, 5.41) is 0. The molecule has 1 aromatic rings. The maximum absolute atomic E-state index is 11.6. The van der Waals surface area contributed by atoms with Gasteiger partial charge in [0.2, 0.25) is 0 Å². The van der Waals surface area contributed by atoms with Crippen LogP contribution in [0.2, 0.25) is 0 Å². The average molecular weight is 188 g/mol. The Morgan fingerprint density at radius 3 is 2.64 bits per heavy atom. The molecule has 0 aliphatic carbocycles. The topological polar surface area (TPSA) is 17.1 Å². The monoisotopic (exact) mass is 188 g/mol. The highest BCUT2D eigenvalue weighted by molar-refractivity contribution is 6.04. The molecule has 0 saturated carbocycles. The smallest absolute Gasteiger partial charge is 0.185 e. The zero-order chi connectivity index (χ0) is 10.6. The average Bonchev–Trinajstić information content (AvgIpc) is 2.17. The summed E-state index contributed by atoms with van der Waals surface area (Å²) in [6.45, 7) is 5.95. The molecule has 1 rings (SSSR count). The zero-order valence-electron chi connectivity index (χ0n) is 9.00. The van der Waals surface area contributed by atoms with Gasteiger partial charge in [-0.05, 0) is 38.0 Å². The van der Waals surface area contributed by atoms with E-state index in [1.807, 2.05) is 38.1 Å². The maximum atomic E-state index is 11.6. The molecule has 0 N–H and O–H groups in total. The molecule has 0 amide bonds. The molecule has 1 aromatic carbocycles. The van der Waals surface area contributed by atoms with Gasteiger partial charge in [0.05, 0.1) is 0 Å².